The average molecular weight is 270 g/mol. The second-order valence-corrected chi connectivity index (χ2v) is 5.37. The topological polar surface area (TPSA) is 53.4 Å². The number of rotatable bonds is 2. The third-order valence-electron chi connectivity index (χ3n) is 4.04. The number of carboxylic acid groups (broad SMARTS) is 1. The lowest BCUT2D eigenvalue weighted by atomic mass is 9.94. The molecule has 1 N–H and O–H groups in total. The van der Waals surface area contributed by atoms with Crippen molar-refractivity contribution in [3.8, 4) is 0 Å². The molecule has 104 valence electrons. The first-order chi connectivity index (χ1) is 9.61. The van der Waals surface area contributed by atoms with Gasteiger partial charge in [-0.1, -0.05) is 25.1 Å². The van der Waals surface area contributed by atoms with Crippen LogP contribution in [0.2, 0.25) is 0 Å². The van der Waals surface area contributed by atoms with E-state index in [0.717, 1.165) is 47.1 Å². The number of nitrogens with zero attached hydrogens (tertiary/aromatic N) is 2. The molecule has 1 aliphatic rings. The fourth-order valence-corrected chi connectivity index (χ4v) is 2.99. The maximum atomic E-state index is 11.7. The second kappa shape index (κ2) is 4.87. The minimum Gasteiger partial charge on any atom is -0.478 e. The predicted molar refractivity (Wildman–Crippen MR) is 78.1 cm³/mol. The number of fused-ring (bicyclic) bond motifs is 2. The van der Waals surface area contributed by atoms with E-state index in [0.29, 0.717) is 12.1 Å². The SMILES string of the molecule is CCc1cccc2c(C(=O)O)c3c(nc12)CCN(C)C3. The molecule has 3 rings (SSSR count). The van der Waals surface area contributed by atoms with Crippen LogP contribution in [0.3, 0.4) is 0 Å². The molecule has 0 amide bonds. The zero-order chi connectivity index (χ0) is 14.3. The van der Waals surface area contributed by atoms with E-state index in [4.69, 9.17) is 4.98 Å². The summed E-state index contributed by atoms with van der Waals surface area (Å²) < 4.78 is 0. The zero-order valence-electron chi connectivity index (χ0n) is 11.8. The summed E-state index contributed by atoms with van der Waals surface area (Å²) >= 11 is 0. The molecule has 2 heterocycles. The largest absolute Gasteiger partial charge is 0.478 e. The van der Waals surface area contributed by atoms with Gasteiger partial charge in [-0.3, -0.25) is 4.98 Å². The molecule has 4 heteroatoms. The van der Waals surface area contributed by atoms with Gasteiger partial charge in [0.05, 0.1) is 11.1 Å². The number of hydrogen-bond acceptors (Lipinski definition) is 3. The quantitative estimate of drug-likeness (QED) is 0.911. The van der Waals surface area contributed by atoms with Crippen molar-refractivity contribution in [3.05, 3.63) is 40.6 Å². The van der Waals surface area contributed by atoms with Crippen LogP contribution in [0.1, 0.15) is 34.1 Å². The van der Waals surface area contributed by atoms with Crippen molar-refractivity contribution in [3.63, 3.8) is 0 Å². The lowest BCUT2D eigenvalue weighted by Gasteiger charge is -2.26. The Morgan fingerprint density at radius 2 is 2.25 bits per heavy atom. The Kier molecular flexibility index (Phi) is 3.18. The molecule has 0 saturated heterocycles. The Labute approximate surface area is 118 Å². The second-order valence-electron chi connectivity index (χ2n) is 5.37. The van der Waals surface area contributed by atoms with Gasteiger partial charge in [0.15, 0.2) is 0 Å². The lowest BCUT2D eigenvalue weighted by Crippen LogP contribution is -2.29. The summed E-state index contributed by atoms with van der Waals surface area (Å²) in [6, 6.07) is 5.83. The molecule has 4 nitrogen and oxygen atoms in total. The van der Waals surface area contributed by atoms with Gasteiger partial charge in [-0.2, -0.15) is 0 Å². The highest BCUT2D eigenvalue weighted by atomic mass is 16.4. The molecule has 1 aliphatic heterocycles. The number of carbonyl (C=O) groups is 1. The number of aryl methyl sites for hydroxylation is 1. The molecule has 0 spiro atoms. The summed E-state index contributed by atoms with van der Waals surface area (Å²) in [6.45, 7) is 3.67. The first-order valence-corrected chi connectivity index (χ1v) is 6.97. The molecule has 0 radical (unpaired) electrons. The molecule has 20 heavy (non-hydrogen) atoms. The smallest absolute Gasteiger partial charge is 0.336 e. The van der Waals surface area contributed by atoms with Crippen molar-refractivity contribution >= 4 is 16.9 Å². The van der Waals surface area contributed by atoms with Crippen LogP contribution in [0, 0.1) is 0 Å². The van der Waals surface area contributed by atoms with Gasteiger partial charge < -0.3 is 10.0 Å². The number of aromatic nitrogens is 1. The number of carboxylic acids is 1. The van der Waals surface area contributed by atoms with Gasteiger partial charge in [-0.25, -0.2) is 4.79 Å². The van der Waals surface area contributed by atoms with Crippen molar-refractivity contribution in [1.29, 1.82) is 0 Å². The summed E-state index contributed by atoms with van der Waals surface area (Å²) in [4.78, 5) is 18.7. The van der Waals surface area contributed by atoms with Crippen molar-refractivity contribution in [2.75, 3.05) is 13.6 Å². The summed E-state index contributed by atoms with van der Waals surface area (Å²) in [5, 5.41) is 10.4. The van der Waals surface area contributed by atoms with Gasteiger partial charge >= 0.3 is 5.97 Å². The van der Waals surface area contributed by atoms with Crippen LogP contribution in [-0.2, 0) is 19.4 Å². The Hall–Kier alpha value is -1.94. The Morgan fingerprint density at radius 1 is 1.45 bits per heavy atom. The van der Waals surface area contributed by atoms with Crippen LogP contribution >= 0.6 is 0 Å². The first kappa shape index (κ1) is 13.1. The summed E-state index contributed by atoms with van der Waals surface area (Å²) in [5.74, 6) is -0.850. The molecule has 0 unspecified atom stereocenters. The maximum Gasteiger partial charge on any atom is 0.336 e. The maximum absolute atomic E-state index is 11.7. The average Bonchev–Trinajstić information content (AvgIpc) is 2.43. The van der Waals surface area contributed by atoms with Crippen LogP contribution < -0.4 is 0 Å². The fraction of sp³-hybridized carbons (Fsp3) is 0.375. The van der Waals surface area contributed by atoms with Crippen LogP contribution in [0.5, 0.6) is 0 Å². The highest BCUT2D eigenvalue weighted by Crippen LogP contribution is 2.29. The van der Waals surface area contributed by atoms with E-state index < -0.39 is 5.97 Å². The Morgan fingerprint density at radius 3 is 2.95 bits per heavy atom. The number of hydrogen-bond donors (Lipinski definition) is 1. The molecule has 0 fully saturated rings. The van der Waals surface area contributed by atoms with Crippen LogP contribution in [0.4, 0.5) is 0 Å². The van der Waals surface area contributed by atoms with Crippen LogP contribution in [0.25, 0.3) is 10.9 Å². The molecule has 0 saturated carbocycles. The van der Waals surface area contributed by atoms with E-state index >= 15 is 0 Å². The van der Waals surface area contributed by atoms with Gasteiger partial charge in [0, 0.05) is 36.2 Å². The molecule has 0 atom stereocenters. The molecule has 0 bridgehead atoms. The number of benzene rings is 1. The predicted octanol–water partition coefficient (Wildman–Crippen LogP) is 2.48. The van der Waals surface area contributed by atoms with Crippen LogP contribution in [0.15, 0.2) is 18.2 Å². The molecular formula is C16H18N2O2. The van der Waals surface area contributed by atoms with E-state index in [1.807, 2.05) is 25.2 Å². The molecular weight excluding hydrogens is 252 g/mol. The van der Waals surface area contributed by atoms with E-state index in [1.54, 1.807) is 0 Å². The van der Waals surface area contributed by atoms with Gasteiger partial charge in [0.1, 0.15) is 0 Å². The van der Waals surface area contributed by atoms with Crippen LogP contribution in [-0.4, -0.2) is 34.6 Å². The third kappa shape index (κ3) is 1.96. The number of pyridine rings is 1. The first-order valence-electron chi connectivity index (χ1n) is 6.97. The Balaban J connectivity index is 2.38. The van der Waals surface area contributed by atoms with E-state index in [2.05, 4.69) is 11.8 Å². The zero-order valence-corrected chi connectivity index (χ0v) is 11.8. The highest BCUT2D eigenvalue weighted by Gasteiger charge is 2.24. The minimum absolute atomic E-state index is 0.437. The number of likely N-dealkylation sites (N-methyl/N-ethyl adjacent to an activating group) is 1. The van der Waals surface area contributed by atoms with Gasteiger partial charge in [-0.05, 0) is 19.0 Å². The van der Waals surface area contributed by atoms with Crippen molar-refractivity contribution in [2.45, 2.75) is 26.3 Å². The third-order valence-corrected chi connectivity index (χ3v) is 4.04. The van der Waals surface area contributed by atoms with Gasteiger partial charge in [0.25, 0.3) is 0 Å². The number of aromatic carboxylic acids is 1. The Bertz CT molecular complexity index is 694. The minimum atomic E-state index is -0.850. The van der Waals surface area contributed by atoms with Crippen molar-refractivity contribution < 1.29 is 9.90 Å². The monoisotopic (exact) mass is 270 g/mol. The highest BCUT2D eigenvalue weighted by molar-refractivity contribution is 6.05. The van der Waals surface area contributed by atoms with E-state index in [-0.39, 0.29) is 0 Å². The van der Waals surface area contributed by atoms with E-state index in [1.165, 1.54) is 0 Å². The molecule has 1 aromatic heterocycles. The van der Waals surface area contributed by atoms with E-state index in [9.17, 15) is 9.90 Å². The van der Waals surface area contributed by atoms with Gasteiger partial charge in [-0.15, -0.1) is 0 Å². The summed E-state index contributed by atoms with van der Waals surface area (Å²) in [7, 11) is 2.02. The molecule has 2 aromatic rings. The summed E-state index contributed by atoms with van der Waals surface area (Å²) in [5.41, 5.74) is 4.25. The summed E-state index contributed by atoms with van der Waals surface area (Å²) in [6.07, 6.45) is 1.68. The standard InChI is InChI=1S/C16H18N2O2/c1-3-10-5-4-6-11-14(16(19)20)12-9-18(2)8-7-13(12)17-15(10)11/h4-6H,3,7-9H2,1-2H3,(H,19,20). The number of para-hydroxylation sites is 1. The van der Waals surface area contributed by atoms with Gasteiger partial charge in [0.2, 0.25) is 0 Å². The van der Waals surface area contributed by atoms with Crippen molar-refractivity contribution in [1.82, 2.24) is 9.88 Å². The molecule has 1 aromatic carbocycles. The van der Waals surface area contributed by atoms with Crippen molar-refractivity contribution in [2.24, 2.45) is 0 Å². The lowest BCUT2D eigenvalue weighted by molar-refractivity contribution is 0.0696. The fourth-order valence-electron chi connectivity index (χ4n) is 2.99. The normalized spacial score (nSPS) is 15.3. The molecule has 0 aliphatic carbocycles.